The van der Waals surface area contributed by atoms with Crippen molar-refractivity contribution in [2.24, 2.45) is 0 Å². The van der Waals surface area contributed by atoms with E-state index in [4.69, 9.17) is 24.5 Å². The molecule has 17 heteroatoms. The molecule has 0 amide bonds. The molecule has 2 aromatic rings. The van der Waals surface area contributed by atoms with Crippen molar-refractivity contribution in [3.63, 3.8) is 0 Å². The Balaban J connectivity index is 0.000000317. The predicted molar refractivity (Wildman–Crippen MR) is 119 cm³/mol. The van der Waals surface area contributed by atoms with Crippen molar-refractivity contribution >= 4 is 17.9 Å². The van der Waals surface area contributed by atoms with E-state index in [2.05, 4.69) is 36.9 Å². The summed E-state index contributed by atoms with van der Waals surface area (Å²) in [6.07, 6.45) is -2.08. The molecule has 39 heavy (non-hydrogen) atoms. The van der Waals surface area contributed by atoms with E-state index >= 15 is 0 Å². The lowest BCUT2D eigenvalue weighted by Crippen LogP contribution is -2.50. The molecule has 10 nitrogen and oxygen atoms in total. The Labute approximate surface area is 217 Å². The number of halogens is 7. The first-order chi connectivity index (χ1) is 18.2. The first-order valence-corrected chi connectivity index (χ1v) is 11.2. The summed E-state index contributed by atoms with van der Waals surface area (Å²) in [6.45, 7) is 4.35. The minimum Gasteiger partial charge on any atom is -0.475 e. The number of aliphatic carboxylic acids is 2. The van der Waals surface area contributed by atoms with E-state index in [0.717, 1.165) is 45.7 Å². The summed E-state index contributed by atoms with van der Waals surface area (Å²) in [6, 6.07) is 4.79. The van der Waals surface area contributed by atoms with Gasteiger partial charge in [-0.3, -0.25) is 9.88 Å². The van der Waals surface area contributed by atoms with Gasteiger partial charge in [-0.25, -0.2) is 23.9 Å². The first kappa shape index (κ1) is 31.6. The highest BCUT2D eigenvalue weighted by atomic mass is 19.4. The second-order valence-electron chi connectivity index (χ2n) is 8.13. The lowest BCUT2D eigenvalue weighted by Gasteiger charge is -2.37. The van der Waals surface area contributed by atoms with E-state index < -0.39 is 30.1 Å². The van der Waals surface area contributed by atoms with Crippen LogP contribution in [0.5, 0.6) is 0 Å². The third kappa shape index (κ3) is 10.2. The van der Waals surface area contributed by atoms with E-state index in [-0.39, 0.29) is 6.04 Å². The van der Waals surface area contributed by atoms with Crippen LogP contribution in [0.4, 0.5) is 36.7 Å². The molecule has 2 aliphatic heterocycles. The quantitative estimate of drug-likeness (QED) is 0.529. The number of alkyl halides is 6. The van der Waals surface area contributed by atoms with Crippen molar-refractivity contribution in [2.45, 2.75) is 37.3 Å². The standard InChI is InChI=1S/C18H22FN5O.2C2HF3O2/c19-15-12-21-18(22-13-15)24-6-3-16(23-7-9-25-10-8-23)17(24)11-14-1-4-20-5-2-14;2*3-2(4,5)1(6)7/h1-2,4-5,12-13,16-17H,3,6-11H2;2*(H,6,7)/t16-,17+;;/m1../s1. The molecule has 2 atom stereocenters. The van der Waals surface area contributed by atoms with Crippen LogP contribution in [0.3, 0.4) is 0 Å². The number of carbonyl (C=O) groups is 2. The number of aromatic nitrogens is 3. The number of nitrogens with zero attached hydrogens (tertiary/aromatic N) is 5. The molecule has 2 N–H and O–H groups in total. The Kier molecular flexibility index (Phi) is 11.3. The summed E-state index contributed by atoms with van der Waals surface area (Å²) in [4.78, 5) is 35.1. The molecule has 0 aliphatic carbocycles. The molecule has 2 fully saturated rings. The van der Waals surface area contributed by atoms with Gasteiger partial charge < -0.3 is 19.8 Å². The first-order valence-electron chi connectivity index (χ1n) is 11.2. The summed E-state index contributed by atoms with van der Waals surface area (Å²) in [7, 11) is 0. The molecule has 0 unspecified atom stereocenters. The van der Waals surface area contributed by atoms with Gasteiger partial charge in [-0.1, -0.05) is 0 Å². The zero-order valence-electron chi connectivity index (χ0n) is 20.1. The third-order valence-electron chi connectivity index (χ3n) is 5.57. The van der Waals surface area contributed by atoms with Crippen molar-refractivity contribution in [3.05, 3.63) is 48.3 Å². The molecule has 4 rings (SSSR count). The van der Waals surface area contributed by atoms with Gasteiger partial charge >= 0.3 is 24.3 Å². The topological polar surface area (TPSA) is 129 Å². The van der Waals surface area contributed by atoms with Gasteiger partial charge in [0.15, 0.2) is 5.82 Å². The molecule has 0 bridgehead atoms. The third-order valence-corrected chi connectivity index (χ3v) is 5.57. The van der Waals surface area contributed by atoms with E-state index in [1.807, 2.05) is 12.4 Å². The van der Waals surface area contributed by atoms with Gasteiger partial charge in [0, 0.05) is 38.1 Å². The van der Waals surface area contributed by atoms with E-state index in [1.54, 1.807) is 0 Å². The Morgan fingerprint density at radius 3 is 1.87 bits per heavy atom. The van der Waals surface area contributed by atoms with Gasteiger partial charge in [0.1, 0.15) is 0 Å². The maximum atomic E-state index is 13.2. The minimum absolute atomic E-state index is 0.256. The summed E-state index contributed by atoms with van der Waals surface area (Å²) in [5.74, 6) is -5.31. The Morgan fingerprint density at radius 2 is 1.41 bits per heavy atom. The normalized spacial score (nSPS) is 19.8. The summed E-state index contributed by atoms with van der Waals surface area (Å²) in [5, 5.41) is 14.2. The zero-order chi connectivity index (χ0) is 29.2. The minimum atomic E-state index is -5.08. The molecular weight excluding hydrogens is 547 g/mol. The number of hydrogen-bond acceptors (Lipinski definition) is 8. The molecule has 4 heterocycles. The fraction of sp³-hybridized carbons (Fsp3) is 0.500. The fourth-order valence-electron chi connectivity index (χ4n) is 3.88. The van der Waals surface area contributed by atoms with Crippen molar-refractivity contribution in [1.82, 2.24) is 19.9 Å². The molecule has 0 spiro atoms. The van der Waals surface area contributed by atoms with Crippen LogP contribution in [-0.2, 0) is 20.7 Å². The van der Waals surface area contributed by atoms with Crippen LogP contribution in [0.15, 0.2) is 36.9 Å². The van der Waals surface area contributed by atoms with Gasteiger partial charge in [-0.05, 0) is 30.5 Å². The van der Waals surface area contributed by atoms with Crippen LogP contribution in [-0.4, -0.2) is 99.3 Å². The molecule has 216 valence electrons. The smallest absolute Gasteiger partial charge is 0.475 e. The Morgan fingerprint density at radius 1 is 0.923 bits per heavy atom. The second-order valence-corrected chi connectivity index (χ2v) is 8.13. The largest absolute Gasteiger partial charge is 0.490 e. The zero-order valence-corrected chi connectivity index (χ0v) is 20.1. The lowest BCUT2D eigenvalue weighted by molar-refractivity contribution is -0.193. The number of anilines is 1. The van der Waals surface area contributed by atoms with Crippen molar-refractivity contribution in [1.29, 1.82) is 0 Å². The van der Waals surface area contributed by atoms with Gasteiger partial charge in [-0.15, -0.1) is 0 Å². The van der Waals surface area contributed by atoms with Crippen LogP contribution in [0.25, 0.3) is 0 Å². The maximum Gasteiger partial charge on any atom is 0.490 e. The highest BCUT2D eigenvalue weighted by Crippen LogP contribution is 2.29. The SMILES string of the molecule is Fc1cnc(N2CC[C@@H](N3CCOCC3)[C@@H]2Cc2ccncc2)nc1.O=C(O)C(F)(F)F.O=C(O)C(F)(F)F. The summed E-state index contributed by atoms with van der Waals surface area (Å²) < 4.78 is 82.2. The highest BCUT2D eigenvalue weighted by Gasteiger charge is 2.40. The van der Waals surface area contributed by atoms with Crippen molar-refractivity contribution in [2.75, 3.05) is 37.7 Å². The van der Waals surface area contributed by atoms with E-state index in [9.17, 15) is 30.7 Å². The van der Waals surface area contributed by atoms with Crippen LogP contribution in [0.1, 0.15) is 12.0 Å². The maximum absolute atomic E-state index is 13.2. The van der Waals surface area contributed by atoms with E-state index in [1.165, 1.54) is 18.0 Å². The van der Waals surface area contributed by atoms with Crippen LogP contribution in [0.2, 0.25) is 0 Å². The van der Waals surface area contributed by atoms with Gasteiger partial charge in [0.25, 0.3) is 0 Å². The summed E-state index contributed by atoms with van der Waals surface area (Å²) in [5.41, 5.74) is 1.24. The lowest BCUT2D eigenvalue weighted by atomic mass is 9.99. The number of carboxylic acids is 2. The average Bonchev–Trinajstić information content (AvgIpc) is 3.28. The molecular formula is C22H24F7N5O5. The van der Waals surface area contributed by atoms with Crippen molar-refractivity contribution in [3.8, 4) is 0 Å². The monoisotopic (exact) mass is 571 g/mol. The second kappa shape index (κ2) is 14.0. The van der Waals surface area contributed by atoms with Gasteiger partial charge in [0.05, 0.1) is 31.6 Å². The van der Waals surface area contributed by atoms with Crippen LogP contribution >= 0.6 is 0 Å². The molecule has 0 saturated carbocycles. The van der Waals surface area contributed by atoms with Crippen molar-refractivity contribution < 1.29 is 55.3 Å². The number of pyridine rings is 1. The predicted octanol–water partition coefficient (Wildman–Crippen LogP) is 2.80. The molecule has 2 saturated heterocycles. The van der Waals surface area contributed by atoms with E-state index in [0.29, 0.717) is 12.0 Å². The summed E-state index contributed by atoms with van der Waals surface area (Å²) >= 11 is 0. The Bertz CT molecular complexity index is 1030. The molecule has 0 radical (unpaired) electrons. The van der Waals surface area contributed by atoms with Crippen LogP contribution < -0.4 is 4.90 Å². The average molecular weight is 571 g/mol. The number of hydrogen-bond donors (Lipinski definition) is 2. The number of morpholine rings is 1. The Hall–Kier alpha value is -3.60. The molecule has 0 aromatic carbocycles. The number of rotatable bonds is 4. The highest BCUT2D eigenvalue weighted by molar-refractivity contribution is 5.73. The fourth-order valence-corrected chi connectivity index (χ4v) is 3.88. The number of ether oxygens (including phenoxy) is 1. The molecule has 2 aliphatic rings. The van der Waals surface area contributed by atoms with Crippen LogP contribution in [0, 0.1) is 5.82 Å². The number of carboxylic acid groups (broad SMARTS) is 2. The van der Waals surface area contributed by atoms with Gasteiger partial charge in [0.2, 0.25) is 5.95 Å². The van der Waals surface area contributed by atoms with Gasteiger partial charge in [-0.2, -0.15) is 26.3 Å². The molecule has 2 aromatic heterocycles.